The molecule has 31 heteroatoms. The molecule has 0 saturated carbocycles. The molecule has 31 nitrogen and oxygen atoms in total. The lowest BCUT2D eigenvalue weighted by atomic mass is 9.96. The number of carbonyl (C=O) groups is 11. The van der Waals surface area contributed by atoms with Crippen molar-refractivity contribution in [2.75, 3.05) is 13.2 Å². The van der Waals surface area contributed by atoms with E-state index >= 15 is 0 Å². The molecule has 2 rings (SSSR count). The second kappa shape index (κ2) is 34.7. The average Bonchev–Trinajstić information content (AvgIpc) is 3.99. The third kappa shape index (κ3) is 24.7. The molecule has 0 radical (unpaired) electrons. The molecule has 0 aliphatic carbocycles. The monoisotopic (exact) mass is 1170 g/mol. The number of aromatic amines is 1. The number of hydrogen-bond donors (Lipinski definition) is 18. The Kier molecular flexibility index (Phi) is 29.6. The van der Waals surface area contributed by atoms with Gasteiger partial charge >= 0.3 is 11.9 Å². The van der Waals surface area contributed by atoms with Gasteiger partial charge < -0.3 is 95.6 Å². The molecule has 9 amide bonds. The number of nitrogens with one attached hydrogen (secondary N) is 10. The molecule has 0 aliphatic rings. The molecule has 0 aliphatic heterocycles. The predicted molar refractivity (Wildman–Crippen MR) is 297 cm³/mol. The number of phenols is 1. The SMILES string of the molecule is CC[C@H](C)[C@H](NC(=O)[C@H](CO)NC(=O)[C@H](CC(C)C)NC(=O)[C@H](Cc1ccc(O)cc1)NC(=O)[C@H](CCCN=C(N)N)NC(=O)[C@@H](N)CC(=O)O)C(=O)N[C@H](C(=O)N[C@@H](Cc1cnc[nH]1)C(=O)N[C@@H](C)C(=O)N[C@H](C(=O)O)[C@@H](C)O)C(C)C. The number of aliphatic imine (C=N–C) groups is 1. The van der Waals surface area contributed by atoms with Crippen LogP contribution in [0.4, 0.5) is 0 Å². The second-order valence-corrected chi connectivity index (χ2v) is 20.8. The average molecular weight is 1170 g/mol. The van der Waals surface area contributed by atoms with Crippen molar-refractivity contribution in [3.05, 3.63) is 48.0 Å². The van der Waals surface area contributed by atoms with Gasteiger partial charge in [-0.25, -0.2) is 9.78 Å². The number of carboxylic acids is 2. The van der Waals surface area contributed by atoms with Gasteiger partial charge in [0.05, 0.1) is 31.5 Å². The molecule has 0 spiro atoms. The topological polar surface area (TPSA) is 516 Å². The number of aliphatic hydroxyl groups is 2. The van der Waals surface area contributed by atoms with Crippen molar-refractivity contribution in [2.24, 2.45) is 39.9 Å². The van der Waals surface area contributed by atoms with E-state index in [0.717, 1.165) is 6.92 Å². The van der Waals surface area contributed by atoms with Gasteiger partial charge in [0, 0.05) is 31.3 Å². The number of benzene rings is 1. The summed E-state index contributed by atoms with van der Waals surface area (Å²) in [4.78, 5) is 158. The summed E-state index contributed by atoms with van der Waals surface area (Å²) in [6, 6.07) is -9.32. The van der Waals surface area contributed by atoms with Crippen molar-refractivity contribution in [1.82, 2.24) is 57.8 Å². The number of H-pyrrole nitrogens is 1. The highest BCUT2D eigenvalue weighted by Crippen LogP contribution is 2.15. The minimum atomic E-state index is -1.74. The van der Waals surface area contributed by atoms with Gasteiger partial charge in [-0.15, -0.1) is 0 Å². The van der Waals surface area contributed by atoms with E-state index in [2.05, 4.69) is 62.8 Å². The number of phenolic OH excluding ortho intramolecular Hbond substituents is 1. The lowest BCUT2D eigenvalue weighted by molar-refractivity contribution is -0.145. The van der Waals surface area contributed by atoms with E-state index in [-0.39, 0.29) is 62.7 Å². The van der Waals surface area contributed by atoms with E-state index in [1.54, 1.807) is 41.5 Å². The molecule has 1 aromatic carbocycles. The van der Waals surface area contributed by atoms with Gasteiger partial charge in [0.15, 0.2) is 12.0 Å². The van der Waals surface area contributed by atoms with Crippen molar-refractivity contribution in [3.8, 4) is 5.75 Å². The first-order chi connectivity index (χ1) is 38.9. The highest BCUT2D eigenvalue weighted by atomic mass is 16.4. The molecular formula is C52H83N15O16. The van der Waals surface area contributed by atoms with Gasteiger partial charge in [-0.2, -0.15) is 0 Å². The Balaban J connectivity index is 2.40. The number of nitrogens with zero attached hydrogens (tertiary/aromatic N) is 2. The molecule has 12 atom stereocenters. The number of aromatic nitrogens is 2. The van der Waals surface area contributed by atoms with Gasteiger partial charge in [-0.3, -0.25) is 52.9 Å². The number of imidazole rings is 1. The smallest absolute Gasteiger partial charge is 0.328 e. The first kappa shape index (κ1) is 70.7. The minimum Gasteiger partial charge on any atom is -0.508 e. The summed E-state index contributed by atoms with van der Waals surface area (Å²) in [5.74, 6) is -13.4. The van der Waals surface area contributed by atoms with Gasteiger partial charge in [0.25, 0.3) is 0 Å². The van der Waals surface area contributed by atoms with Crippen LogP contribution in [0.25, 0.3) is 0 Å². The summed E-state index contributed by atoms with van der Waals surface area (Å²) in [7, 11) is 0. The summed E-state index contributed by atoms with van der Waals surface area (Å²) in [5.41, 5.74) is 17.4. The first-order valence-corrected chi connectivity index (χ1v) is 26.9. The highest BCUT2D eigenvalue weighted by Gasteiger charge is 2.37. The zero-order chi connectivity index (χ0) is 62.8. The Labute approximate surface area is 479 Å². The molecule has 83 heavy (non-hydrogen) atoms. The van der Waals surface area contributed by atoms with Crippen LogP contribution in [-0.2, 0) is 65.6 Å². The lowest BCUT2D eigenvalue weighted by Gasteiger charge is -2.30. The Bertz CT molecular complexity index is 2540. The molecule has 1 heterocycles. The number of carbonyl (C=O) groups excluding carboxylic acids is 9. The number of aliphatic carboxylic acids is 2. The van der Waals surface area contributed by atoms with Crippen molar-refractivity contribution in [2.45, 2.75) is 167 Å². The molecule has 1 aromatic heterocycles. The van der Waals surface area contributed by atoms with E-state index in [0.29, 0.717) is 11.3 Å². The first-order valence-electron chi connectivity index (χ1n) is 26.9. The van der Waals surface area contributed by atoms with Gasteiger partial charge in [0.1, 0.15) is 54.1 Å². The standard InChI is InChI=1S/C52H83N15O16/c1-9-26(6)40(50(81)65-39(25(4)5)49(80)63-36(19-30-21-56-23-58-30)45(76)59-27(7)42(73)67-41(28(8)69)51(82)83)66-48(79)37(22-68)64-46(77)34(17-24(2)3)61-47(78)35(18-29-12-14-31(70)15-13-29)62-44(75)33(11-10-16-57-52(54)55)60-43(74)32(53)20-38(71)72/h12-15,21,23-28,32-37,39-41,68-70H,9-11,16-20,22,53H2,1-8H3,(H,56,58)(H,59,76)(H,60,74)(H,61,78)(H,62,75)(H,63,80)(H,64,77)(H,65,81)(H,66,79)(H,67,73)(H,71,72)(H,82,83)(H4,54,55,57)/t26-,27-,28+,32-,33-,34-,35-,36-,37-,39-,40-,41-/m0/s1. The van der Waals surface area contributed by atoms with Gasteiger partial charge in [-0.1, -0.05) is 60.1 Å². The highest BCUT2D eigenvalue weighted by molar-refractivity contribution is 5.99. The molecular weight excluding hydrogens is 1090 g/mol. The number of aromatic hydroxyl groups is 1. The summed E-state index contributed by atoms with van der Waals surface area (Å²) in [6.07, 6.45) is 0.206. The summed E-state index contributed by atoms with van der Waals surface area (Å²) in [5, 5.41) is 71.2. The number of hydrogen-bond acceptors (Lipinski definition) is 17. The predicted octanol–water partition coefficient (Wildman–Crippen LogP) is -4.65. The quantitative estimate of drug-likeness (QED) is 0.0173. The minimum absolute atomic E-state index is 0.0148. The molecule has 0 bridgehead atoms. The fourth-order valence-corrected chi connectivity index (χ4v) is 7.99. The zero-order valence-electron chi connectivity index (χ0n) is 47.8. The normalized spacial score (nSPS) is 15.5. The summed E-state index contributed by atoms with van der Waals surface area (Å²) < 4.78 is 0. The van der Waals surface area contributed by atoms with Crippen molar-refractivity contribution in [1.29, 1.82) is 0 Å². The Hall–Kier alpha value is -8.45. The molecule has 462 valence electrons. The van der Waals surface area contributed by atoms with Crippen LogP contribution in [0.3, 0.4) is 0 Å². The van der Waals surface area contributed by atoms with E-state index < -0.39 is 156 Å². The van der Waals surface area contributed by atoms with Crippen LogP contribution < -0.4 is 65.1 Å². The van der Waals surface area contributed by atoms with E-state index in [9.17, 15) is 78.3 Å². The van der Waals surface area contributed by atoms with Crippen LogP contribution in [0.1, 0.15) is 98.8 Å². The molecule has 0 saturated heterocycles. The molecule has 2 aromatic rings. The van der Waals surface area contributed by atoms with Crippen molar-refractivity contribution >= 4 is 71.1 Å². The summed E-state index contributed by atoms with van der Waals surface area (Å²) >= 11 is 0. The van der Waals surface area contributed by atoms with E-state index in [1.807, 2.05) is 0 Å². The van der Waals surface area contributed by atoms with Crippen LogP contribution in [0.5, 0.6) is 5.75 Å². The lowest BCUT2D eigenvalue weighted by Crippen LogP contribution is -2.62. The second-order valence-electron chi connectivity index (χ2n) is 20.8. The van der Waals surface area contributed by atoms with Crippen molar-refractivity contribution in [3.63, 3.8) is 0 Å². The number of carboxylic acid groups (broad SMARTS) is 2. The Morgan fingerprint density at radius 2 is 1.13 bits per heavy atom. The number of rotatable bonds is 36. The maximum Gasteiger partial charge on any atom is 0.328 e. The fourth-order valence-electron chi connectivity index (χ4n) is 7.99. The van der Waals surface area contributed by atoms with Crippen LogP contribution in [0, 0.1) is 17.8 Å². The number of guanidine groups is 1. The largest absolute Gasteiger partial charge is 0.508 e. The van der Waals surface area contributed by atoms with Crippen LogP contribution in [-0.4, -0.2) is 186 Å². The van der Waals surface area contributed by atoms with Crippen molar-refractivity contribution < 1.29 is 78.3 Å². The fraction of sp³-hybridized carbons (Fsp3) is 0.596. The number of aliphatic hydroxyl groups excluding tert-OH is 2. The van der Waals surface area contributed by atoms with Crippen LogP contribution >= 0.6 is 0 Å². The maximum absolute atomic E-state index is 14.3. The maximum atomic E-state index is 14.3. The summed E-state index contributed by atoms with van der Waals surface area (Å²) in [6.45, 7) is 11.3. The zero-order valence-corrected chi connectivity index (χ0v) is 47.8. The molecule has 0 fully saturated rings. The van der Waals surface area contributed by atoms with E-state index in [1.165, 1.54) is 43.7 Å². The number of nitrogens with two attached hydrogens (primary N) is 3. The number of amides is 9. The molecule has 21 N–H and O–H groups in total. The van der Waals surface area contributed by atoms with E-state index in [4.69, 9.17) is 17.2 Å². The third-order valence-corrected chi connectivity index (χ3v) is 12.9. The Morgan fingerprint density at radius 1 is 0.627 bits per heavy atom. The van der Waals surface area contributed by atoms with Gasteiger partial charge in [-0.05, 0) is 68.6 Å². The van der Waals surface area contributed by atoms with Gasteiger partial charge in [0.2, 0.25) is 53.2 Å². The molecule has 0 unspecified atom stereocenters. The Morgan fingerprint density at radius 3 is 1.66 bits per heavy atom. The van der Waals surface area contributed by atoms with Crippen LogP contribution in [0.2, 0.25) is 0 Å². The third-order valence-electron chi connectivity index (χ3n) is 12.9. The van der Waals surface area contributed by atoms with Crippen LogP contribution in [0.15, 0.2) is 41.8 Å².